The van der Waals surface area contributed by atoms with E-state index in [1.807, 2.05) is 0 Å². The Kier molecular flexibility index (Phi) is 5.07. The van der Waals surface area contributed by atoms with E-state index in [9.17, 15) is 5.11 Å². The van der Waals surface area contributed by atoms with Gasteiger partial charge in [0.15, 0.2) is 0 Å². The minimum absolute atomic E-state index is 0.259. The van der Waals surface area contributed by atoms with Crippen LogP contribution < -0.4 is 5.32 Å². The lowest BCUT2D eigenvalue weighted by atomic mass is 9.79. The van der Waals surface area contributed by atoms with Crippen LogP contribution in [0.25, 0.3) is 0 Å². The third kappa shape index (κ3) is 3.76. The Morgan fingerprint density at radius 2 is 1.93 bits per heavy atom. The Bertz CT molecular complexity index is 181. The molecule has 0 aromatic rings. The first-order valence-electron chi connectivity index (χ1n) is 6.41. The standard InChI is InChI=1S/C13H27NO/c1-9(2)13(8-15)14-12-7-10(3)5-6-11(12)4/h9-15H,5-8H2,1-4H3. The Labute approximate surface area is 94.5 Å². The fourth-order valence-electron chi connectivity index (χ4n) is 2.50. The van der Waals surface area contributed by atoms with Crippen LogP contribution in [-0.2, 0) is 0 Å². The molecule has 2 nitrogen and oxygen atoms in total. The topological polar surface area (TPSA) is 32.3 Å². The summed E-state index contributed by atoms with van der Waals surface area (Å²) in [5, 5.41) is 13.0. The molecule has 4 unspecified atom stereocenters. The largest absolute Gasteiger partial charge is 0.395 e. The first-order chi connectivity index (χ1) is 7.04. The SMILES string of the molecule is CC1CCC(C)C(NC(CO)C(C)C)C1. The van der Waals surface area contributed by atoms with E-state index in [4.69, 9.17) is 0 Å². The van der Waals surface area contributed by atoms with Crippen molar-refractivity contribution >= 4 is 0 Å². The zero-order valence-corrected chi connectivity index (χ0v) is 10.7. The molecule has 0 bridgehead atoms. The second kappa shape index (κ2) is 5.86. The van der Waals surface area contributed by atoms with Gasteiger partial charge in [-0.1, -0.05) is 34.1 Å². The second-order valence-electron chi connectivity index (χ2n) is 5.70. The van der Waals surface area contributed by atoms with Gasteiger partial charge in [-0.05, 0) is 30.6 Å². The number of hydrogen-bond donors (Lipinski definition) is 2. The predicted octanol–water partition coefficient (Wildman–Crippen LogP) is 2.42. The van der Waals surface area contributed by atoms with Crippen molar-refractivity contribution in [1.29, 1.82) is 0 Å². The van der Waals surface area contributed by atoms with Gasteiger partial charge in [-0.3, -0.25) is 0 Å². The fourth-order valence-corrected chi connectivity index (χ4v) is 2.50. The van der Waals surface area contributed by atoms with E-state index in [1.165, 1.54) is 19.3 Å². The molecular formula is C13H27NO. The van der Waals surface area contributed by atoms with Gasteiger partial charge in [0.05, 0.1) is 6.61 Å². The predicted molar refractivity (Wildman–Crippen MR) is 64.8 cm³/mol. The molecule has 0 aromatic heterocycles. The zero-order valence-electron chi connectivity index (χ0n) is 10.7. The summed E-state index contributed by atoms with van der Waals surface area (Å²) in [7, 11) is 0. The number of aliphatic hydroxyl groups excluding tert-OH is 1. The highest BCUT2D eigenvalue weighted by molar-refractivity contribution is 4.84. The Hall–Kier alpha value is -0.0800. The van der Waals surface area contributed by atoms with Crippen LogP contribution >= 0.6 is 0 Å². The third-order valence-electron chi connectivity index (χ3n) is 3.89. The normalized spacial score (nSPS) is 34.4. The smallest absolute Gasteiger partial charge is 0.0587 e. The quantitative estimate of drug-likeness (QED) is 0.751. The van der Waals surface area contributed by atoms with Crippen molar-refractivity contribution in [2.45, 2.75) is 59.0 Å². The molecule has 90 valence electrons. The average molecular weight is 213 g/mol. The maximum Gasteiger partial charge on any atom is 0.0587 e. The zero-order chi connectivity index (χ0) is 11.4. The highest BCUT2D eigenvalue weighted by atomic mass is 16.3. The molecule has 2 heteroatoms. The van der Waals surface area contributed by atoms with E-state index in [0.717, 1.165) is 11.8 Å². The molecule has 0 saturated heterocycles. The van der Waals surface area contributed by atoms with Crippen molar-refractivity contribution in [2.75, 3.05) is 6.61 Å². The summed E-state index contributed by atoms with van der Waals surface area (Å²) in [6, 6.07) is 0.871. The molecule has 0 aliphatic heterocycles. The Morgan fingerprint density at radius 1 is 1.27 bits per heavy atom. The van der Waals surface area contributed by atoms with E-state index < -0.39 is 0 Å². The molecule has 0 heterocycles. The van der Waals surface area contributed by atoms with Gasteiger partial charge in [0.25, 0.3) is 0 Å². The maximum absolute atomic E-state index is 9.32. The van der Waals surface area contributed by atoms with Gasteiger partial charge in [0, 0.05) is 12.1 Å². The molecule has 0 aromatic carbocycles. The number of nitrogens with one attached hydrogen (secondary N) is 1. The molecule has 0 amide bonds. The van der Waals surface area contributed by atoms with E-state index >= 15 is 0 Å². The molecule has 0 radical (unpaired) electrons. The van der Waals surface area contributed by atoms with Gasteiger partial charge in [0.1, 0.15) is 0 Å². The van der Waals surface area contributed by atoms with Crippen LogP contribution in [0.3, 0.4) is 0 Å². The van der Waals surface area contributed by atoms with Crippen LogP contribution in [0.4, 0.5) is 0 Å². The number of aliphatic hydroxyl groups is 1. The van der Waals surface area contributed by atoms with Gasteiger partial charge >= 0.3 is 0 Å². The maximum atomic E-state index is 9.32. The summed E-state index contributed by atoms with van der Waals surface area (Å²) in [6.07, 6.45) is 3.96. The molecule has 0 spiro atoms. The molecule has 4 atom stereocenters. The first-order valence-corrected chi connectivity index (χ1v) is 6.41. The molecule has 1 aliphatic carbocycles. The van der Waals surface area contributed by atoms with Crippen molar-refractivity contribution < 1.29 is 5.11 Å². The summed E-state index contributed by atoms with van der Waals surface area (Å²) >= 11 is 0. The third-order valence-corrected chi connectivity index (χ3v) is 3.89. The minimum atomic E-state index is 0.259. The summed E-state index contributed by atoms with van der Waals surface area (Å²) in [5.74, 6) is 2.11. The van der Waals surface area contributed by atoms with Crippen LogP contribution in [0.5, 0.6) is 0 Å². The second-order valence-corrected chi connectivity index (χ2v) is 5.70. The lowest BCUT2D eigenvalue weighted by Crippen LogP contribution is -2.48. The number of rotatable bonds is 4. The van der Waals surface area contributed by atoms with Crippen LogP contribution in [0, 0.1) is 17.8 Å². The van der Waals surface area contributed by atoms with Crippen LogP contribution in [0.1, 0.15) is 47.0 Å². The molecule has 1 saturated carbocycles. The molecule has 1 rings (SSSR count). The van der Waals surface area contributed by atoms with Gasteiger partial charge in [0.2, 0.25) is 0 Å². The van der Waals surface area contributed by atoms with Gasteiger partial charge < -0.3 is 10.4 Å². The molecular weight excluding hydrogens is 186 g/mol. The monoisotopic (exact) mass is 213 g/mol. The van der Waals surface area contributed by atoms with E-state index in [1.54, 1.807) is 0 Å². The average Bonchev–Trinajstić information content (AvgIpc) is 2.18. The molecule has 2 N–H and O–H groups in total. The van der Waals surface area contributed by atoms with E-state index in [2.05, 4.69) is 33.0 Å². The molecule has 1 aliphatic rings. The van der Waals surface area contributed by atoms with Crippen molar-refractivity contribution in [3.8, 4) is 0 Å². The lowest BCUT2D eigenvalue weighted by molar-refractivity contribution is 0.154. The van der Waals surface area contributed by atoms with Crippen molar-refractivity contribution in [3.05, 3.63) is 0 Å². The fraction of sp³-hybridized carbons (Fsp3) is 1.00. The molecule has 1 fully saturated rings. The van der Waals surface area contributed by atoms with Crippen molar-refractivity contribution in [1.82, 2.24) is 5.32 Å². The van der Waals surface area contributed by atoms with Crippen LogP contribution in [0.2, 0.25) is 0 Å². The summed E-state index contributed by atoms with van der Waals surface area (Å²) in [4.78, 5) is 0. The highest BCUT2D eigenvalue weighted by Crippen LogP contribution is 2.29. The summed E-state index contributed by atoms with van der Waals surface area (Å²) < 4.78 is 0. The summed E-state index contributed by atoms with van der Waals surface area (Å²) in [5.41, 5.74) is 0. The van der Waals surface area contributed by atoms with Gasteiger partial charge in [-0.2, -0.15) is 0 Å². The van der Waals surface area contributed by atoms with Gasteiger partial charge in [-0.25, -0.2) is 0 Å². The highest BCUT2D eigenvalue weighted by Gasteiger charge is 2.27. The number of hydrogen-bond acceptors (Lipinski definition) is 2. The Balaban J connectivity index is 2.47. The molecule has 15 heavy (non-hydrogen) atoms. The summed E-state index contributed by atoms with van der Waals surface area (Å²) in [6.45, 7) is 9.27. The van der Waals surface area contributed by atoms with Gasteiger partial charge in [-0.15, -0.1) is 0 Å². The van der Waals surface area contributed by atoms with E-state index in [-0.39, 0.29) is 12.6 Å². The van der Waals surface area contributed by atoms with Crippen molar-refractivity contribution in [3.63, 3.8) is 0 Å². The lowest BCUT2D eigenvalue weighted by Gasteiger charge is -2.36. The van der Waals surface area contributed by atoms with Crippen LogP contribution in [0.15, 0.2) is 0 Å². The Morgan fingerprint density at radius 3 is 2.47 bits per heavy atom. The van der Waals surface area contributed by atoms with Crippen molar-refractivity contribution in [2.24, 2.45) is 17.8 Å². The first kappa shape index (κ1) is 13.0. The van der Waals surface area contributed by atoms with Crippen LogP contribution in [-0.4, -0.2) is 23.8 Å². The van der Waals surface area contributed by atoms with E-state index in [0.29, 0.717) is 12.0 Å². The minimum Gasteiger partial charge on any atom is -0.395 e.